The van der Waals surface area contributed by atoms with Crippen molar-refractivity contribution in [2.45, 2.75) is 5.92 Å². The Morgan fingerprint density at radius 2 is 2.00 bits per heavy atom. The zero-order chi connectivity index (χ0) is 11.4. The first kappa shape index (κ1) is 10.8. The number of aromatic nitrogens is 1. The predicted molar refractivity (Wildman–Crippen MR) is 64.7 cm³/mol. The van der Waals surface area contributed by atoms with Gasteiger partial charge in [-0.15, -0.1) is 0 Å². The maximum atomic E-state index is 5.82. The molecule has 16 heavy (non-hydrogen) atoms. The fraction of sp³-hybridized carbons (Fsp3) is 0.231. The summed E-state index contributed by atoms with van der Waals surface area (Å²) in [5, 5.41) is 0. The van der Waals surface area contributed by atoms with Crippen molar-refractivity contribution in [2.75, 3.05) is 13.7 Å². The van der Waals surface area contributed by atoms with Crippen LogP contribution in [0.5, 0.6) is 5.75 Å². The second-order valence-corrected chi connectivity index (χ2v) is 3.69. The summed E-state index contributed by atoms with van der Waals surface area (Å²) in [6.07, 6.45) is 1.92. The lowest BCUT2D eigenvalue weighted by Crippen LogP contribution is -2.14. The molecule has 0 aliphatic carbocycles. The number of rotatable bonds is 4. The minimum atomic E-state index is 0.223. The summed E-state index contributed by atoms with van der Waals surface area (Å²) in [5.41, 5.74) is 8.16. The second-order valence-electron chi connectivity index (χ2n) is 3.69. The summed E-state index contributed by atoms with van der Waals surface area (Å²) in [4.78, 5) is 3.20. The highest BCUT2D eigenvalue weighted by Gasteiger charge is 2.12. The van der Waals surface area contributed by atoms with Gasteiger partial charge in [-0.25, -0.2) is 0 Å². The number of methoxy groups -OCH3 is 1. The third-order valence-corrected chi connectivity index (χ3v) is 2.75. The maximum Gasteiger partial charge on any atom is 0.118 e. The summed E-state index contributed by atoms with van der Waals surface area (Å²) >= 11 is 0. The lowest BCUT2D eigenvalue weighted by atomic mass is 9.96. The smallest absolute Gasteiger partial charge is 0.118 e. The molecule has 0 bridgehead atoms. The molecule has 3 heteroatoms. The molecular weight excluding hydrogens is 200 g/mol. The van der Waals surface area contributed by atoms with Gasteiger partial charge in [-0.05, 0) is 29.8 Å². The Labute approximate surface area is 95.2 Å². The average molecular weight is 216 g/mol. The zero-order valence-electron chi connectivity index (χ0n) is 9.31. The van der Waals surface area contributed by atoms with Gasteiger partial charge in [0.05, 0.1) is 7.11 Å². The van der Waals surface area contributed by atoms with E-state index < -0.39 is 0 Å². The van der Waals surface area contributed by atoms with E-state index in [-0.39, 0.29) is 5.92 Å². The zero-order valence-corrected chi connectivity index (χ0v) is 9.31. The summed E-state index contributed by atoms with van der Waals surface area (Å²) in [5.74, 6) is 1.09. The molecule has 0 aliphatic rings. The molecule has 0 amide bonds. The fourth-order valence-electron chi connectivity index (χ4n) is 1.84. The lowest BCUT2D eigenvalue weighted by Gasteiger charge is -2.14. The van der Waals surface area contributed by atoms with E-state index in [4.69, 9.17) is 10.5 Å². The third-order valence-electron chi connectivity index (χ3n) is 2.75. The van der Waals surface area contributed by atoms with Crippen LogP contribution in [-0.2, 0) is 0 Å². The normalized spacial score (nSPS) is 12.4. The highest BCUT2D eigenvalue weighted by Crippen LogP contribution is 2.24. The Morgan fingerprint density at radius 3 is 2.50 bits per heavy atom. The molecule has 0 fully saturated rings. The summed E-state index contributed by atoms with van der Waals surface area (Å²) in [7, 11) is 1.67. The van der Waals surface area contributed by atoms with Crippen molar-refractivity contribution in [3.63, 3.8) is 0 Å². The van der Waals surface area contributed by atoms with Gasteiger partial charge in [0.1, 0.15) is 5.75 Å². The van der Waals surface area contributed by atoms with E-state index in [0.29, 0.717) is 6.54 Å². The molecule has 0 aliphatic heterocycles. The Kier molecular flexibility index (Phi) is 3.27. The van der Waals surface area contributed by atoms with Crippen LogP contribution in [0.2, 0.25) is 0 Å². The number of benzene rings is 1. The van der Waals surface area contributed by atoms with Crippen LogP contribution in [0.1, 0.15) is 17.2 Å². The van der Waals surface area contributed by atoms with Crippen molar-refractivity contribution < 1.29 is 4.74 Å². The van der Waals surface area contributed by atoms with Gasteiger partial charge in [-0.1, -0.05) is 12.1 Å². The molecular formula is C13H16N2O. The van der Waals surface area contributed by atoms with Gasteiger partial charge >= 0.3 is 0 Å². The highest BCUT2D eigenvalue weighted by atomic mass is 16.5. The molecule has 1 aromatic carbocycles. The minimum absolute atomic E-state index is 0.223. The minimum Gasteiger partial charge on any atom is -0.497 e. The van der Waals surface area contributed by atoms with Crippen LogP contribution >= 0.6 is 0 Å². The van der Waals surface area contributed by atoms with Crippen LogP contribution in [0.3, 0.4) is 0 Å². The maximum absolute atomic E-state index is 5.82. The molecule has 2 rings (SSSR count). The lowest BCUT2D eigenvalue weighted by molar-refractivity contribution is 0.414. The Morgan fingerprint density at radius 1 is 1.25 bits per heavy atom. The van der Waals surface area contributed by atoms with Crippen molar-refractivity contribution in [3.8, 4) is 5.75 Å². The average Bonchev–Trinajstić information content (AvgIpc) is 2.85. The topological polar surface area (TPSA) is 51.0 Å². The molecule has 0 saturated heterocycles. The van der Waals surface area contributed by atoms with Crippen LogP contribution in [0, 0.1) is 0 Å². The number of H-pyrrole nitrogens is 1. The number of nitrogens with two attached hydrogens (primary N) is 1. The molecule has 0 radical (unpaired) electrons. The molecule has 84 valence electrons. The predicted octanol–water partition coefficient (Wildman–Crippen LogP) is 2.11. The molecule has 1 unspecified atom stereocenters. The Bertz CT molecular complexity index is 420. The van der Waals surface area contributed by atoms with E-state index in [1.54, 1.807) is 7.11 Å². The number of aromatic amines is 1. The first-order valence-corrected chi connectivity index (χ1v) is 5.32. The number of ether oxygens (including phenoxy) is 1. The van der Waals surface area contributed by atoms with Gasteiger partial charge in [-0.2, -0.15) is 0 Å². The van der Waals surface area contributed by atoms with Crippen LogP contribution in [0.25, 0.3) is 0 Å². The molecule has 0 spiro atoms. The van der Waals surface area contributed by atoms with Crippen LogP contribution in [0.15, 0.2) is 42.6 Å². The molecule has 2 aromatic rings. The summed E-state index contributed by atoms with van der Waals surface area (Å²) in [6, 6.07) is 12.1. The van der Waals surface area contributed by atoms with E-state index >= 15 is 0 Å². The van der Waals surface area contributed by atoms with E-state index in [0.717, 1.165) is 11.4 Å². The van der Waals surface area contributed by atoms with E-state index in [1.807, 2.05) is 24.4 Å². The van der Waals surface area contributed by atoms with Gasteiger partial charge in [-0.3, -0.25) is 0 Å². The van der Waals surface area contributed by atoms with Crippen molar-refractivity contribution in [3.05, 3.63) is 53.9 Å². The van der Waals surface area contributed by atoms with E-state index in [1.165, 1.54) is 5.56 Å². The van der Waals surface area contributed by atoms with Crippen LogP contribution in [-0.4, -0.2) is 18.6 Å². The third kappa shape index (κ3) is 2.09. The van der Waals surface area contributed by atoms with Crippen LogP contribution < -0.4 is 10.5 Å². The second kappa shape index (κ2) is 4.86. The van der Waals surface area contributed by atoms with E-state index in [9.17, 15) is 0 Å². The molecule has 1 heterocycles. The van der Waals surface area contributed by atoms with Gasteiger partial charge in [0.25, 0.3) is 0 Å². The monoisotopic (exact) mass is 216 g/mol. The number of hydrogen-bond acceptors (Lipinski definition) is 2. The van der Waals surface area contributed by atoms with E-state index in [2.05, 4.69) is 23.2 Å². The first-order valence-electron chi connectivity index (χ1n) is 5.32. The standard InChI is InChI=1S/C13H16N2O/c1-16-11-6-4-10(5-7-11)12(9-14)13-3-2-8-15-13/h2-8,12,15H,9,14H2,1H3. The van der Waals surface area contributed by atoms with Crippen molar-refractivity contribution in [2.24, 2.45) is 5.73 Å². The summed E-state index contributed by atoms with van der Waals surface area (Å²) < 4.78 is 5.13. The Hall–Kier alpha value is -1.74. The number of hydrogen-bond donors (Lipinski definition) is 2. The molecule has 1 aromatic heterocycles. The summed E-state index contributed by atoms with van der Waals surface area (Å²) in [6.45, 7) is 0.590. The molecule has 1 atom stereocenters. The first-order chi connectivity index (χ1) is 7.85. The molecule has 0 saturated carbocycles. The van der Waals surface area contributed by atoms with Crippen molar-refractivity contribution >= 4 is 0 Å². The van der Waals surface area contributed by atoms with Gasteiger partial charge in [0.15, 0.2) is 0 Å². The van der Waals surface area contributed by atoms with Crippen molar-refractivity contribution in [1.29, 1.82) is 0 Å². The largest absolute Gasteiger partial charge is 0.497 e. The number of nitrogens with one attached hydrogen (secondary N) is 1. The molecule has 3 nitrogen and oxygen atoms in total. The highest BCUT2D eigenvalue weighted by molar-refractivity contribution is 5.34. The van der Waals surface area contributed by atoms with Gasteiger partial charge < -0.3 is 15.5 Å². The fourth-order valence-corrected chi connectivity index (χ4v) is 1.84. The SMILES string of the molecule is COc1ccc(C(CN)c2ccc[nH]2)cc1. The van der Waals surface area contributed by atoms with Crippen molar-refractivity contribution in [1.82, 2.24) is 4.98 Å². The van der Waals surface area contributed by atoms with Gasteiger partial charge in [0, 0.05) is 24.4 Å². The van der Waals surface area contributed by atoms with Gasteiger partial charge in [0.2, 0.25) is 0 Å². The van der Waals surface area contributed by atoms with Crippen LogP contribution in [0.4, 0.5) is 0 Å². The Balaban J connectivity index is 2.27. The molecule has 3 N–H and O–H groups in total. The quantitative estimate of drug-likeness (QED) is 0.822.